The molecule has 0 fully saturated rings. The molecular formula is C16H15N5O. The number of aromatic nitrogens is 4. The van der Waals surface area contributed by atoms with Gasteiger partial charge in [-0.15, -0.1) is 10.2 Å². The number of nitrogens with one attached hydrogen (secondary N) is 2. The van der Waals surface area contributed by atoms with Gasteiger partial charge < -0.3 is 4.98 Å². The Morgan fingerprint density at radius 1 is 1.14 bits per heavy atom. The van der Waals surface area contributed by atoms with Crippen molar-refractivity contribution in [3.63, 3.8) is 0 Å². The van der Waals surface area contributed by atoms with E-state index in [2.05, 4.69) is 25.5 Å². The van der Waals surface area contributed by atoms with Gasteiger partial charge in [0.1, 0.15) is 5.69 Å². The molecule has 2 N–H and O–H groups in total. The summed E-state index contributed by atoms with van der Waals surface area (Å²) in [6.07, 6.45) is 1.97. The number of anilines is 1. The highest BCUT2D eigenvalue weighted by Gasteiger charge is 2.09. The predicted molar refractivity (Wildman–Crippen MR) is 83.1 cm³/mol. The van der Waals surface area contributed by atoms with Crippen LogP contribution in [0.3, 0.4) is 0 Å². The quantitative estimate of drug-likeness (QED) is 0.773. The molecule has 0 saturated heterocycles. The SMILES string of the molecule is Cc1ccc(CC(=O)Nc2nnc(-c3ccccn3)[nH]2)cc1. The maximum atomic E-state index is 12.0. The van der Waals surface area contributed by atoms with E-state index < -0.39 is 0 Å². The molecule has 0 unspecified atom stereocenters. The number of pyridine rings is 1. The third-order valence-electron chi connectivity index (χ3n) is 3.14. The third kappa shape index (κ3) is 3.35. The van der Waals surface area contributed by atoms with E-state index in [9.17, 15) is 4.79 Å². The van der Waals surface area contributed by atoms with Crippen LogP contribution in [-0.4, -0.2) is 26.1 Å². The monoisotopic (exact) mass is 293 g/mol. The average Bonchev–Trinajstić information content (AvgIpc) is 2.99. The predicted octanol–water partition coefficient (Wildman–Crippen LogP) is 2.36. The molecule has 110 valence electrons. The van der Waals surface area contributed by atoms with E-state index in [0.29, 0.717) is 23.9 Å². The summed E-state index contributed by atoms with van der Waals surface area (Å²) in [5.74, 6) is 0.691. The van der Waals surface area contributed by atoms with Crippen LogP contribution in [0.1, 0.15) is 11.1 Å². The zero-order valence-corrected chi connectivity index (χ0v) is 12.1. The molecule has 0 saturated carbocycles. The highest BCUT2D eigenvalue weighted by molar-refractivity contribution is 5.90. The van der Waals surface area contributed by atoms with Gasteiger partial charge in [-0.1, -0.05) is 35.9 Å². The van der Waals surface area contributed by atoms with Crippen LogP contribution in [0.4, 0.5) is 5.95 Å². The largest absolute Gasteiger partial charge is 0.306 e. The van der Waals surface area contributed by atoms with Gasteiger partial charge in [-0.3, -0.25) is 15.1 Å². The Morgan fingerprint density at radius 3 is 2.68 bits per heavy atom. The highest BCUT2D eigenvalue weighted by atomic mass is 16.1. The van der Waals surface area contributed by atoms with Crippen LogP contribution in [0.5, 0.6) is 0 Å². The van der Waals surface area contributed by atoms with Gasteiger partial charge >= 0.3 is 0 Å². The summed E-state index contributed by atoms with van der Waals surface area (Å²) in [5.41, 5.74) is 2.79. The van der Waals surface area contributed by atoms with Crippen molar-refractivity contribution in [1.29, 1.82) is 0 Å². The van der Waals surface area contributed by atoms with Crippen LogP contribution in [0.25, 0.3) is 11.5 Å². The zero-order valence-electron chi connectivity index (χ0n) is 12.1. The number of aryl methyl sites for hydroxylation is 1. The molecule has 0 aliphatic carbocycles. The first-order valence-corrected chi connectivity index (χ1v) is 6.90. The average molecular weight is 293 g/mol. The van der Waals surface area contributed by atoms with Gasteiger partial charge in [0.05, 0.1) is 6.42 Å². The number of hydrogen-bond donors (Lipinski definition) is 2. The van der Waals surface area contributed by atoms with Crippen LogP contribution in [0, 0.1) is 6.92 Å². The minimum Gasteiger partial charge on any atom is -0.306 e. The second-order valence-electron chi connectivity index (χ2n) is 4.95. The lowest BCUT2D eigenvalue weighted by Gasteiger charge is -2.02. The summed E-state index contributed by atoms with van der Waals surface area (Å²) in [7, 11) is 0. The highest BCUT2D eigenvalue weighted by Crippen LogP contribution is 2.12. The topological polar surface area (TPSA) is 83.6 Å². The van der Waals surface area contributed by atoms with Gasteiger partial charge in [-0.2, -0.15) is 0 Å². The molecule has 1 aromatic carbocycles. The lowest BCUT2D eigenvalue weighted by Crippen LogP contribution is -2.15. The van der Waals surface area contributed by atoms with Gasteiger partial charge in [0.25, 0.3) is 0 Å². The number of aromatic amines is 1. The first-order chi connectivity index (χ1) is 10.7. The third-order valence-corrected chi connectivity index (χ3v) is 3.14. The molecular weight excluding hydrogens is 278 g/mol. The molecule has 2 heterocycles. The first kappa shape index (κ1) is 13.9. The van der Waals surface area contributed by atoms with Crippen molar-refractivity contribution in [1.82, 2.24) is 20.2 Å². The van der Waals surface area contributed by atoms with Crippen LogP contribution >= 0.6 is 0 Å². The van der Waals surface area contributed by atoms with E-state index in [1.54, 1.807) is 6.20 Å². The summed E-state index contributed by atoms with van der Waals surface area (Å²) in [4.78, 5) is 19.1. The molecule has 2 aromatic heterocycles. The fraction of sp³-hybridized carbons (Fsp3) is 0.125. The Hall–Kier alpha value is -3.02. The van der Waals surface area contributed by atoms with Gasteiger partial charge in [-0.05, 0) is 24.6 Å². The van der Waals surface area contributed by atoms with Gasteiger partial charge in [0.2, 0.25) is 11.9 Å². The molecule has 0 radical (unpaired) electrons. The number of rotatable bonds is 4. The fourth-order valence-electron chi connectivity index (χ4n) is 2.00. The Balaban J connectivity index is 1.65. The minimum atomic E-state index is -0.146. The lowest BCUT2D eigenvalue weighted by molar-refractivity contribution is -0.115. The molecule has 6 nitrogen and oxygen atoms in total. The number of amides is 1. The van der Waals surface area contributed by atoms with Gasteiger partial charge in [0.15, 0.2) is 5.82 Å². The second-order valence-corrected chi connectivity index (χ2v) is 4.95. The Bertz CT molecular complexity index is 765. The summed E-state index contributed by atoms with van der Waals surface area (Å²) in [6.45, 7) is 2.01. The minimum absolute atomic E-state index is 0.146. The maximum absolute atomic E-state index is 12.0. The van der Waals surface area contributed by atoms with Crippen molar-refractivity contribution in [2.75, 3.05) is 5.32 Å². The van der Waals surface area contributed by atoms with Crippen molar-refractivity contribution < 1.29 is 4.79 Å². The molecule has 0 aliphatic heterocycles. The summed E-state index contributed by atoms with van der Waals surface area (Å²) >= 11 is 0. The van der Waals surface area contributed by atoms with Crippen molar-refractivity contribution in [2.45, 2.75) is 13.3 Å². The van der Waals surface area contributed by atoms with Gasteiger partial charge in [-0.25, -0.2) is 0 Å². The second kappa shape index (κ2) is 6.17. The van der Waals surface area contributed by atoms with Crippen molar-refractivity contribution in [3.8, 4) is 11.5 Å². The Morgan fingerprint density at radius 2 is 1.95 bits per heavy atom. The molecule has 3 rings (SSSR count). The molecule has 1 amide bonds. The number of H-pyrrole nitrogens is 1. The molecule has 0 spiro atoms. The van der Waals surface area contributed by atoms with E-state index in [1.165, 1.54) is 5.56 Å². The van der Waals surface area contributed by atoms with Crippen molar-refractivity contribution in [2.24, 2.45) is 0 Å². The summed E-state index contributed by atoms with van der Waals surface area (Å²) in [5, 5.41) is 10.6. The van der Waals surface area contributed by atoms with Crippen molar-refractivity contribution >= 4 is 11.9 Å². The van der Waals surface area contributed by atoms with E-state index in [-0.39, 0.29) is 5.91 Å². The number of carbonyl (C=O) groups excluding carboxylic acids is 1. The lowest BCUT2D eigenvalue weighted by atomic mass is 10.1. The van der Waals surface area contributed by atoms with Crippen LogP contribution in [-0.2, 0) is 11.2 Å². The molecule has 6 heteroatoms. The van der Waals surface area contributed by atoms with E-state index in [1.807, 2.05) is 49.4 Å². The van der Waals surface area contributed by atoms with Crippen LogP contribution in [0.15, 0.2) is 48.7 Å². The van der Waals surface area contributed by atoms with Crippen molar-refractivity contribution in [3.05, 3.63) is 59.8 Å². The molecule has 3 aromatic rings. The smallest absolute Gasteiger partial charge is 0.231 e. The Kier molecular flexibility index (Phi) is 3.91. The number of nitrogens with zero attached hydrogens (tertiary/aromatic N) is 3. The molecule has 0 aliphatic rings. The zero-order chi connectivity index (χ0) is 15.4. The number of benzene rings is 1. The van der Waals surface area contributed by atoms with Gasteiger partial charge in [0, 0.05) is 6.20 Å². The standard InChI is InChI=1S/C16H15N5O/c1-11-5-7-12(8-6-11)10-14(22)18-16-19-15(20-21-16)13-4-2-3-9-17-13/h2-9H,10H2,1H3,(H2,18,19,20,21,22). The fourth-order valence-corrected chi connectivity index (χ4v) is 2.00. The first-order valence-electron chi connectivity index (χ1n) is 6.90. The molecule has 0 bridgehead atoms. The summed E-state index contributed by atoms with van der Waals surface area (Å²) < 4.78 is 0. The molecule has 22 heavy (non-hydrogen) atoms. The summed E-state index contributed by atoms with van der Waals surface area (Å²) in [6, 6.07) is 13.3. The number of hydrogen-bond acceptors (Lipinski definition) is 4. The van der Waals surface area contributed by atoms with E-state index in [4.69, 9.17) is 0 Å². The number of carbonyl (C=O) groups is 1. The maximum Gasteiger partial charge on any atom is 0.231 e. The van der Waals surface area contributed by atoms with E-state index in [0.717, 1.165) is 5.56 Å². The van der Waals surface area contributed by atoms with E-state index >= 15 is 0 Å². The normalized spacial score (nSPS) is 10.4. The van der Waals surface area contributed by atoms with Crippen LogP contribution < -0.4 is 5.32 Å². The Labute approximate surface area is 127 Å². The van der Waals surface area contributed by atoms with Crippen LogP contribution in [0.2, 0.25) is 0 Å². The molecule has 0 atom stereocenters.